The Morgan fingerprint density at radius 1 is 1.06 bits per heavy atom. The zero-order valence-electron chi connectivity index (χ0n) is 9.91. The van der Waals surface area contributed by atoms with Crippen LogP contribution >= 0.6 is 0 Å². The van der Waals surface area contributed by atoms with Gasteiger partial charge in [-0.05, 0) is 24.1 Å². The number of rotatable bonds is 5. The van der Waals surface area contributed by atoms with Crippen LogP contribution in [0.2, 0.25) is 0 Å². The van der Waals surface area contributed by atoms with Crippen molar-refractivity contribution in [3.05, 3.63) is 47.8 Å². The van der Waals surface area contributed by atoms with Crippen molar-refractivity contribution in [3.8, 4) is 11.8 Å². The van der Waals surface area contributed by atoms with Crippen LogP contribution in [0.3, 0.4) is 0 Å². The number of hydrogen-bond acceptors (Lipinski definition) is 5. The zero-order chi connectivity index (χ0) is 12.8. The minimum absolute atomic E-state index is 0.143. The molecular weight excluding hydrogens is 230 g/mol. The summed E-state index contributed by atoms with van der Waals surface area (Å²) in [6.07, 6.45) is 3.92. The first-order chi connectivity index (χ1) is 8.81. The number of benzene rings is 1. The highest BCUT2D eigenvalue weighted by Crippen LogP contribution is 2.18. The van der Waals surface area contributed by atoms with E-state index in [4.69, 9.17) is 15.6 Å². The van der Waals surface area contributed by atoms with E-state index in [-0.39, 0.29) is 6.61 Å². The zero-order valence-corrected chi connectivity index (χ0v) is 9.91. The van der Waals surface area contributed by atoms with E-state index in [2.05, 4.69) is 9.97 Å². The number of hydrogen-bond donors (Lipinski definition) is 2. The van der Waals surface area contributed by atoms with Gasteiger partial charge in [0, 0.05) is 31.1 Å². The van der Waals surface area contributed by atoms with E-state index in [0.717, 1.165) is 11.1 Å². The number of ether oxygens (including phenoxy) is 1. The Balaban J connectivity index is 2.03. The van der Waals surface area contributed by atoms with E-state index in [0.29, 0.717) is 24.7 Å². The number of nitrogens with zero attached hydrogens (tertiary/aromatic N) is 2. The first-order valence-corrected chi connectivity index (χ1v) is 5.70. The van der Waals surface area contributed by atoms with E-state index < -0.39 is 0 Å². The normalized spacial score (nSPS) is 10.3. The summed E-state index contributed by atoms with van der Waals surface area (Å²) < 4.78 is 5.49. The fourth-order valence-electron chi connectivity index (χ4n) is 1.46. The molecule has 0 saturated carbocycles. The molecular formula is C13H15N3O2. The summed E-state index contributed by atoms with van der Waals surface area (Å²) in [5, 5.41) is 8.81. The summed E-state index contributed by atoms with van der Waals surface area (Å²) in [6, 6.07) is 7.75. The molecule has 0 aliphatic heterocycles. The molecule has 0 saturated heterocycles. The maximum atomic E-state index is 8.81. The van der Waals surface area contributed by atoms with Gasteiger partial charge in [0.1, 0.15) is 5.75 Å². The molecule has 5 heteroatoms. The average molecular weight is 245 g/mol. The van der Waals surface area contributed by atoms with E-state index in [1.54, 1.807) is 12.4 Å². The fraction of sp³-hybridized carbons (Fsp3) is 0.231. The molecule has 0 fully saturated rings. The maximum absolute atomic E-state index is 8.81. The summed E-state index contributed by atoms with van der Waals surface area (Å²) in [4.78, 5) is 8.10. The Morgan fingerprint density at radius 2 is 1.72 bits per heavy atom. The Hall–Kier alpha value is -1.98. The lowest BCUT2D eigenvalue weighted by Gasteiger charge is -2.05. The Kier molecular flexibility index (Phi) is 4.22. The number of aliphatic hydroxyl groups is 1. The second-order valence-corrected chi connectivity index (χ2v) is 3.80. The van der Waals surface area contributed by atoms with Crippen molar-refractivity contribution in [2.75, 3.05) is 6.61 Å². The lowest BCUT2D eigenvalue weighted by atomic mass is 10.1. The van der Waals surface area contributed by atoms with Gasteiger partial charge in [-0.15, -0.1) is 0 Å². The molecule has 1 heterocycles. The second kappa shape index (κ2) is 6.09. The molecule has 5 nitrogen and oxygen atoms in total. The number of nitrogens with two attached hydrogens (primary N) is 1. The molecule has 0 spiro atoms. The van der Waals surface area contributed by atoms with Crippen molar-refractivity contribution in [3.63, 3.8) is 0 Å². The predicted molar refractivity (Wildman–Crippen MR) is 67.2 cm³/mol. The van der Waals surface area contributed by atoms with Gasteiger partial charge in [-0.3, -0.25) is 0 Å². The van der Waals surface area contributed by atoms with E-state index in [1.165, 1.54) is 0 Å². The first kappa shape index (κ1) is 12.5. The van der Waals surface area contributed by atoms with E-state index in [9.17, 15) is 0 Å². The van der Waals surface area contributed by atoms with Gasteiger partial charge < -0.3 is 15.6 Å². The monoisotopic (exact) mass is 245 g/mol. The molecule has 0 radical (unpaired) electrons. The summed E-state index contributed by atoms with van der Waals surface area (Å²) in [7, 11) is 0. The lowest BCUT2D eigenvalue weighted by Crippen LogP contribution is -1.99. The molecule has 94 valence electrons. The lowest BCUT2D eigenvalue weighted by molar-refractivity contribution is 0.299. The highest BCUT2D eigenvalue weighted by molar-refractivity contribution is 5.29. The molecule has 2 rings (SSSR count). The van der Waals surface area contributed by atoms with Crippen molar-refractivity contribution in [2.24, 2.45) is 5.73 Å². The van der Waals surface area contributed by atoms with Gasteiger partial charge in [0.15, 0.2) is 0 Å². The molecule has 0 amide bonds. The maximum Gasteiger partial charge on any atom is 0.321 e. The van der Waals surface area contributed by atoms with Crippen LogP contribution in [0.5, 0.6) is 11.8 Å². The SMILES string of the molecule is NCc1cnc(Oc2ccc(CCO)cc2)nc1. The minimum atomic E-state index is 0.143. The fourth-order valence-corrected chi connectivity index (χ4v) is 1.46. The first-order valence-electron chi connectivity index (χ1n) is 5.70. The number of aliphatic hydroxyl groups excluding tert-OH is 1. The molecule has 2 aromatic rings. The highest BCUT2D eigenvalue weighted by atomic mass is 16.5. The standard InChI is InChI=1S/C13H15N3O2/c14-7-11-8-15-13(16-9-11)18-12-3-1-10(2-4-12)5-6-17/h1-4,8-9,17H,5-7,14H2. The Labute approximate surface area is 105 Å². The molecule has 1 aromatic carbocycles. The summed E-state index contributed by atoms with van der Waals surface area (Å²) in [5.41, 5.74) is 7.38. The molecule has 0 atom stereocenters. The predicted octanol–water partition coefficient (Wildman–Crippen LogP) is 1.26. The molecule has 0 aliphatic rings. The van der Waals surface area contributed by atoms with Crippen molar-refractivity contribution < 1.29 is 9.84 Å². The van der Waals surface area contributed by atoms with Crippen LogP contribution < -0.4 is 10.5 Å². The highest BCUT2D eigenvalue weighted by Gasteiger charge is 2.00. The second-order valence-electron chi connectivity index (χ2n) is 3.80. The van der Waals surface area contributed by atoms with Gasteiger partial charge in [-0.2, -0.15) is 0 Å². The average Bonchev–Trinajstić information content (AvgIpc) is 2.42. The van der Waals surface area contributed by atoms with Crippen molar-refractivity contribution >= 4 is 0 Å². The molecule has 3 N–H and O–H groups in total. The van der Waals surface area contributed by atoms with Gasteiger partial charge in [0.2, 0.25) is 0 Å². The van der Waals surface area contributed by atoms with Gasteiger partial charge in [0.05, 0.1) is 0 Å². The topological polar surface area (TPSA) is 81.3 Å². The van der Waals surface area contributed by atoms with Crippen LogP contribution in [0.4, 0.5) is 0 Å². The molecule has 0 unspecified atom stereocenters. The van der Waals surface area contributed by atoms with Crippen LogP contribution in [0.15, 0.2) is 36.7 Å². The van der Waals surface area contributed by atoms with Gasteiger partial charge in [0.25, 0.3) is 0 Å². The summed E-state index contributed by atoms with van der Waals surface area (Å²) >= 11 is 0. The van der Waals surface area contributed by atoms with Crippen LogP contribution in [0.25, 0.3) is 0 Å². The Bertz CT molecular complexity index is 483. The summed E-state index contributed by atoms with van der Waals surface area (Å²) in [6.45, 7) is 0.556. The number of aromatic nitrogens is 2. The molecule has 18 heavy (non-hydrogen) atoms. The van der Waals surface area contributed by atoms with Crippen LogP contribution in [-0.2, 0) is 13.0 Å². The minimum Gasteiger partial charge on any atom is -0.424 e. The third kappa shape index (κ3) is 3.26. The van der Waals surface area contributed by atoms with Crippen molar-refractivity contribution in [2.45, 2.75) is 13.0 Å². The van der Waals surface area contributed by atoms with Crippen LogP contribution in [0.1, 0.15) is 11.1 Å². The summed E-state index contributed by atoms with van der Waals surface area (Å²) in [5.74, 6) is 0.664. The molecule has 1 aromatic heterocycles. The van der Waals surface area contributed by atoms with E-state index in [1.807, 2.05) is 24.3 Å². The molecule has 0 bridgehead atoms. The van der Waals surface area contributed by atoms with Crippen LogP contribution in [0, 0.1) is 0 Å². The largest absolute Gasteiger partial charge is 0.424 e. The van der Waals surface area contributed by atoms with Gasteiger partial charge >= 0.3 is 6.01 Å². The molecule has 0 aliphatic carbocycles. The smallest absolute Gasteiger partial charge is 0.321 e. The van der Waals surface area contributed by atoms with Crippen molar-refractivity contribution in [1.29, 1.82) is 0 Å². The quantitative estimate of drug-likeness (QED) is 0.828. The third-order valence-electron chi connectivity index (χ3n) is 2.45. The van der Waals surface area contributed by atoms with E-state index >= 15 is 0 Å². The van der Waals surface area contributed by atoms with Gasteiger partial charge in [-0.25, -0.2) is 9.97 Å². The Morgan fingerprint density at radius 3 is 2.28 bits per heavy atom. The third-order valence-corrected chi connectivity index (χ3v) is 2.45. The van der Waals surface area contributed by atoms with Gasteiger partial charge in [-0.1, -0.05) is 12.1 Å². The van der Waals surface area contributed by atoms with Crippen LogP contribution in [-0.4, -0.2) is 21.7 Å². The van der Waals surface area contributed by atoms with Crippen molar-refractivity contribution in [1.82, 2.24) is 9.97 Å².